The monoisotopic (exact) mass is 291 g/mol. The van der Waals surface area contributed by atoms with E-state index < -0.39 is 25.1 Å². The number of aryl methyl sites for hydroxylation is 1. The lowest BCUT2D eigenvalue weighted by Crippen LogP contribution is -2.30. The molecule has 0 saturated heterocycles. The summed E-state index contributed by atoms with van der Waals surface area (Å²) in [6.45, 7) is 5.14. The van der Waals surface area contributed by atoms with E-state index in [-0.39, 0.29) is 11.5 Å². The maximum Gasteiger partial charge on any atom is 0.273 e. The van der Waals surface area contributed by atoms with Crippen molar-refractivity contribution in [3.63, 3.8) is 0 Å². The summed E-state index contributed by atoms with van der Waals surface area (Å²) in [4.78, 5) is 0. The Balaban J connectivity index is 2.90. The van der Waals surface area contributed by atoms with Crippen molar-refractivity contribution < 1.29 is 16.8 Å². The molecule has 1 unspecified atom stereocenters. The molecule has 1 atom stereocenters. The van der Waals surface area contributed by atoms with Crippen molar-refractivity contribution in [2.75, 3.05) is 16.6 Å². The lowest BCUT2D eigenvalue weighted by Gasteiger charge is -2.10. The van der Waals surface area contributed by atoms with Crippen LogP contribution in [0.1, 0.15) is 19.4 Å². The highest BCUT2D eigenvalue weighted by molar-refractivity contribution is 8.11. The maximum atomic E-state index is 12.4. The lowest BCUT2D eigenvalue weighted by atomic mass is 10.2. The van der Waals surface area contributed by atoms with E-state index in [9.17, 15) is 12.6 Å². The average Bonchev–Trinajstić information content (AvgIpc) is 2.32. The fourth-order valence-corrected chi connectivity index (χ4v) is 5.59. The number of hydrogen-bond donors (Lipinski definition) is 0. The van der Waals surface area contributed by atoms with Crippen molar-refractivity contribution in [2.24, 2.45) is 0 Å². The third-order valence-electron chi connectivity index (χ3n) is 2.51. The molecule has 0 amide bonds. The van der Waals surface area contributed by atoms with Crippen LogP contribution in [0.2, 0.25) is 0 Å². The molecule has 0 heterocycles. The summed E-state index contributed by atoms with van der Waals surface area (Å²) in [5.41, 5.74) is 1.06. The van der Waals surface area contributed by atoms with Gasteiger partial charge in [0, 0.05) is 0 Å². The van der Waals surface area contributed by atoms with Crippen LogP contribution in [0, 0.1) is 6.92 Å². The maximum absolute atomic E-state index is 12.4. The number of benzene rings is 1. The lowest BCUT2D eigenvalue weighted by molar-refractivity contribution is 0.503. The predicted octanol–water partition coefficient (Wildman–Crippen LogP) is 2.20. The van der Waals surface area contributed by atoms with E-state index in [2.05, 4.69) is 0 Å². The molecule has 0 N–H and O–H groups in total. The molecule has 0 saturated carbocycles. The molecule has 1 aromatic carbocycles. The minimum absolute atomic E-state index is 0.0265. The van der Waals surface area contributed by atoms with Crippen molar-refractivity contribution in [1.29, 1.82) is 0 Å². The Hall–Kier alpha value is -0.880. The van der Waals surface area contributed by atoms with Gasteiger partial charge in [-0.05, 0) is 26.0 Å². The van der Waals surface area contributed by atoms with Gasteiger partial charge in [0.25, 0.3) is 10.2 Å². The molecule has 0 aromatic heterocycles. The molecule has 0 fully saturated rings. The van der Waals surface area contributed by atoms with Gasteiger partial charge in [-0.3, -0.25) is 4.18 Å². The van der Waals surface area contributed by atoms with E-state index in [1.807, 2.05) is 19.1 Å². The van der Waals surface area contributed by atoms with Gasteiger partial charge in [-0.1, -0.05) is 28.8 Å². The molecule has 1 rings (SSSR count). The highest BCUT2D eigenvalue weighted by Gasteiger charge is 2.35. The minimum Gasteiger partial charge on any atom is -0.285 e. The first-order valence-electron chi connectivity index (χ1n) is 5.76. The Morgan fingerprint density at radius 2 is 1.72 bits per heavy atom. The van der Waals surface area contributed by atoms with Gasteiger partial charge in [0.2, 0.25) is 5.08 Å². The summed E-state index contributed by atoms with van der Waals surface area (Å²) in [5, 5.41) is -0.416. The Morgan fingerprint density at radius 1 is 1.17 bits per heavy atom. The normalized spacial score (nSPS) is 15.1. The third kappa shape index (κ3) is 4.42. The first-order chi connectivity index (χ1) is 8.30. The van der Waals surface area contributed by atoms with Crippen LogP contribution in [0.15, 0.2) is 24.3 Å². The third-order valence-corrected chi connectivity index (χ3v) is 7.64. The molecule has 6 heteroatoms. The van der Waals surface area contributed by atoms with Gasteiger partial charge in [-0.25, -0.2) is 8.42 Å². The average molecular weight is 291 g/mol. The highest BCUT2D eigenvalue weighted by Crippen LogP contribution is 2.19. The van der Waals surface area contributed by atoms with Crippen LogP contribution in [0.3, 0.4) is 0 Å². The van der Waals surface area contributed by atoms with Gasteiger partial charge >= 0.3 is 0 Å². The fourth-order valence-electron chi connectivity index (χ4n) is 1.29. The van der Waals surface area contributed by atoms with E-state index in [4.69, 9.17) is 4.18 Å². The van der Waals surface area contributed by atoms with Gasteiger partial charge in [-0.15, -0.1) is 0 Å². The summed E-state index contributed by atoms with van der Waals surface area (Å²) in [7, 11) is -6.17. The second kappa shape index (κ2) is 5.84. The minimum atomic E-state index is -3.32. The number of hydrogen-bond acceptors (Lipinski definition) is 4. The van der Waals surface area contributed by atoms with Crippen molar-refractivity contribution >= 4 is 20.1 Å². The molecule has 0 aliphatic carbocycles. The fraction of sp³-hybridized carbons (Fsp3) is 0.500. The SMILES string of the molecule is CCS(=O)(=O)C[S+](=O)(CC)Oc1ccc(C)cc1. The van der Waals surface area contributed by atoms with Crippen LogP contribution in [0.25, 0.3) is 0 Å². The van der Waals surface area contributed by atoms with E-state index in [1.54, 1.807) is 19.1 Å². The van der Waals surface area contributed by atoms with Crippen LogP contribution < -0.4 is 4.18 Å². The zero-order chi connectivity index (χ0) is 13.8. The quantitative estimate of drug-likeness (QED) is 0.754. The van der Waals surface area contributed by atoms with Gasteiger partial charge in [0.05, 0.1) is 5.75 Å². The standard InChI is InChI=1S/C12H19O4S2/c1-4-17(13,14)10-18(15,5-2)16-12-8-6-11(3)7-9-12/h6-9H,4-5,10H2,1-3H3/q+1. The van der Waals surface area contributed by atoms with E-state index in [0.29, 0.717) is 5.75 Å². The number of sulfone groups is 1. The predicted molar refractivity (Wildman–Crippen MR) is 74.7 cm³/mol. The van der Waals surface area contributed by atoms with Crippen LogP contribution in [0.5, 0.6) is 5.75 Å². The Labute approximate surface area is 110 Å². The van der Waals surface area contributed by atoms with Gasteiger partial charge < -0.3 is 0 Å². The van der Waals surface area contributed by atoms with Gasteiger partial charge in [0.15, 0.2) is 15.6 Å². The van der Waals surface area contributed by atoms with Crippen molar-refractivity contribution in [3.8, 4) is 5.75 Å². The van der Waals surface area contributed by atoms with Crippen LogP contribution in [-0.4, -0.2) is 25.0 Å². The van der Waals surface area contributed by atoms with Crippen molar-refractivity contribution in [2.45, 2.75) is 20.8 Å². The molecule has 1 aromatic rings. The molecule has 0 aliphatic rings. The number of rotatable bonds is 6. The Morgan fingerprint density at radius 3 is 2.17 bits per heavy atom. The molecule has 0 bridgehead atoms. The van der Waals surface area contributed by atoms with Crippen molar-refractivity contribution in [1.82, 2.24) is 0 Å². The molecule has 0 radical (unpaired) electrons. The van der Waals surface area contributed by atoms with Crippen molar-refractivity contribution in [3.05, 3.63) is 29.8 Å². The summed E-state index contributed by atoms with van der Waals surface area (Å²) in [5.74, 6) is 0.597. The summed E-state index contributed by atoms with van der Waals surface area (Å²) < 4.78 is 40.9. The summed E-state index contributed by atoms with van der Waals surface area (Å²) >= 11 is 0. The first kappa shape index (κ1) is 15.2. The molecule has 0 spiro atoms. The van der Waals surface area contributed by atoms with Gasteiger partial charge in [0.1, 0.15) is 5.75 Å². The summed E-state index contributed by atoms with van der Waals surface area (Å²) in [6.07, 6.45) is 0. The van der Waals surface area contributed by atoms with E-state index in [1.165, 1.54) is 6.92 Å². The van der Waals surface area contributed by atoms with Crippen LogP contribution >= 0.6 is 0 Å². The Bertz CT molecular complexity index is 532. The second-order valence-corrected chi connectivity index (χ2v) is 9.32. The smallest absolute Gasteiger partial charge is 0.273 e. The zero-order valence-electron chi connectivity index (χ0n) is 10.9. The topological polar surface area (TPSA) is 60.4 Å². The largest absolute Gasteiger partial charge is 0.285 e. The second-order valence-electron chi connectivity index (χ2n) is 4.08. The van der Waals surface area contributed by atoms with E-state index >= 15 is 0 Å². The van der Waals surface area contributed by atoms with E-state index in [0.717, 1.165) is 5.56 Å². The zero-order valence-corrected chi connectivity index (χ0v) is 12.5. The molecule has 0 aliphatic heterocycles. The van der Waals surface area contributed by atoms with Gasteiger partial charge in [-0.2, -0.15) is 0 Å². The molecular formula is C12H19O4S2+. The molecule has 4 nitrogen and oxygen atoms in total. The first-order valence-corrected chi connectivity index (χ1v) is 9.40. The highest BCUT2D eigenvalue weighted by atomic mass is 32.3. The van der Waals surface area contributed by atoms with Crippen LogP contribution in [-0.2, 0) is 24.3 Å². The van der Waals surface area contributed by atoms with Crippen LogP contribution in [0.4, 0.5) is 0 Å². The summed E-state index contributed by atoms with van der Waals surface area (Å²) in [6, 6.07) is 7.06. The molecular weight excluding hydrogens is 272 g/mol. The molecule has 18 heavy (non-hydrogen) atoms. The molecule has 102 valence electrons. The Kier molecular flexibility index (Phi) is 4.92.